The number of alkyl halides is 3. The van der Waals surface area contributed by atoms with Crippen LogP contribution in [0.15, 0.2) is 36.7 Å². The number of hydrogen-bond acceptors (Lipinski definition) is 9. The van der Waals surface area contributed by atoms with Gasteiger partial charge in [-0.1, -0.05) is 12.1 Å². The number of amides is 3. The van der Waals surface area contributed by atoms with Crippen LogP contribution in [0.2, 0.25) is 0 Å². The van der Waals surface area contributed by atoms with Crippen LogP contribution in [0.5, 0.6) is 0 Å². The molecule has 0 spiro atoms. The molecular weight excluding hydrogens is 667 g/mol. The lowest BCUT2D eigenvalue weighted by molar-refractivity contribution is -0.141. The number of Topliss-reactive ketones (excluding diaryl/α,β-unsaturated/α-hetero) is 1. The number of rotatable bonds is 4. The minimum atomic E-state index is -4.73. The molecule has 3 amide bonds. The fraction of sp³-hybridized carbons (Fsp3) is 0.400. The van der Waals surface area contributed by atoms with Gasteiger partial charge in [-0.05, 0) is 63.3 Å². The third-order valence-corrected chi connectivity index (χ3v) is 9.77. The van der Waals surface area contributed by atoms with Gasteiger partial charge in [-0.15, -0.1) is 0 Å². The number of hydrogen-bond donors (Lipinski definition) is 2. The Morgan fingerprint density at radius 3 is 2.57 bits per heavy atom. The third kappa shape index (κ3) is 6.45. The van der Waals surface area contributed by atoms with Crippen LogP contribution in [0.1, 0.15) is 72.3 Å². The summed E-state index contributed by atoms with van der Waals surface area (Å²) < 4.78 is 41.8. The molecule has 7 rings (SSSR count). The molecule has 2 bridgehead atoms. The fourth-order valence-corrected chi connectivity index (χ4v) is 7.03. The number of aromatic nitrogens is 6. The van der Waals surface area contributed by atoms with Crippen molar-refractivity contribution in [2.75, 3.05) is 11.9 Å². The molecule has 0 radical (unpaired) electrons. The van der Waals surface area contributed by atoms with Crippen molar-refractivity contribution >= 4 is 46.3 Å². The van der Waals surface area contributed by atoms with Crippen LogP contribution in [-0.4, -0.2) is 76.7 Å². The first-order chi connectivity index (χ1) is 24.2. The summed E-state index contributed by atoms with van der Waals surface area (Å²) in [4.78, 5) is 72.4. The number of nitrogens with zero attached hydrogens (tertiary/aromatic N) is 7. The van der Waals surface area contributed by atoms with Crippen molar-refractivity contribution < 1.29 is 32.3 Å². The molecule has 51 heavy (non-hydrogen) atoms. The minimum Gasteiger partial charge on any atom is -0.355 e. The molecule has 1 saturated carbocycles. The highest BCUT2D eigenvalue weighted by molar-refractivity contribution is 6.07. The van der Waals surface area contributed by atoms with Gasteiger partial charge in [0.1, 0.15) is 35.6 Å². The molecule has 4 aromatic heterocycles. The Kier molecular flexibility index (Phi) is 8.42. The summed E-state index contributed by atoms with van der Waals surface area (Å²) in [6.45, 7) is 4.53. The van der Waals surface area contributed by atoms with E-state index in [0.717, 1.165) is 6.07 Å². The second-order valence-corrected chi connectivity index (χ2v) is 13.4. The number of ketones is 1. The number of nitrogens with one attached hydrogen (secondary N) is 2. The van der Waals surface area contributed by atoms with Crippen LogP contribution >= 0.6 is 0 Å². The summed E-state index contributed by atoms with van der Waals surface area (Å²) in [7, 11) is 0. The first-order valence-electron chi connectivity index (χ1n) is 16.6. The molecule has 2 N–H and O–H groups in total. The maximum atomic E-state index is 14.3. The number of aryl methyl sites for hydroxylation is 2. The standard InChI is InChI=1S/C35H34F3N9O4/c1-18-9-10-26(35(36,37)38)43-32(18)44-33(51)25-12-34-13-27(34)47(25)29(50)16-46-31-22(30(45-46)19(2)48)11-24(21-14-39-20(3)40-15-21)42-23(31)7-5-4-6-8-28(49)41-17-34/h5,7,9-11,14-15,25,27H,4,6,8,12-13,16-17H2,1-3H3,(H,41,49)(H,43,44,51)/b7-5+/t25-,27+,34-/m0/s1. The van der Waals surface area contributed by atoms with E-state index in [2.05, 4.69) is 30.7 Å². The molecule has 0 aromatic carbocycles. The maximum absolute atomic E-state index is 14.3. The number of anilines is 1. The zero-order valence-corrected chi connectivity index (χ0v) is 28.0. The van der Waals surface area contributed by atoms with Crippen molar-refractivity contribution in [1.29, 1.82) is 0 Å². The van der Waals surface area contributed by atoms with E-state index >= 15 is 0 Å². The van der Waals surface area contributed by atoms with Crippen molar-refractivity contribution in [3.8, 4) is 11.3 Å². The normalized spacial score (nSPS) is 22.7. The highest BCUT2D eigenvalue weighted by Crippen LogP contribution is 2.59. The average Bonchev–Trinajstić information content (AvgIpc) is 3.49. The number of pyridine rings is 2. The van der Waals surface area contributed by atoms with Crippen molar-refractivity contribution in [1.82, 2.24) is 39.9 Å². The van der Waals surface area contributed by atoms with E-state index in [9.17, 15) is 32.3 Å². The van der Waals surface area contributed by atoms with E-state index < -0.39 is 41.2 Å². The highest BCUT2D eigenvalue weighted by Gasteiger charge is 2.67. The number of piperidine rings is 1. The first-order valence-corrected chi connectivity index (χ1v) is 16.6. The van der Waals surface area contributed by atoms with Crippen molar-refractivity contribution in [2.24, 2.45) is 5.41 Å². The molecule has 0 unspecified atom stereocenters. The van der Waals surface area contributed by atoms with E-state index in [0.29, 0.717) is 58.5 Å². The van der Waals surface area contributed by atoms with Crippen LogP contribution in [0.3, 0.4) is 0 Å². The predicted molar refractivity (Wildman–Crippen MR) is 178 cm³/mol. The fourth-order valence-electron chi connectivity index (χ4n) is 7.03. The van der Waals surface area contributed by atoms with Crippen LogP contribution in [0.4, 0.5) is 19.0 Å². The first kappa shape index (κ1) is 33.9. The van der Waals surface area contributed by atoms with Crippen molar-refractivity contribution in [3.05, 3.63) is 65.1 Å². The van der Waals surface area contributed by atoms with E-state index in [1.807, 2.05) is 6.08 Å². The molecule has 6 heterocycles. The zero-order chi connectivity index (χ0) is 36.2. The van der Waals surface area contributed by atoms with Crippen LogP contribution in [0.25, 0.3) is 28.2 Å². The molecule has 16 heteroatoms. The summed E-state index contributed by atoms with van der Waals surface area (Å²) in [6.07, 6.45) is 4.21. The molecule has 1 saturated heterocycles. The molecule has 3 aliphatic rings. The van der Waals surface area contributed by atoms with Crippen LogP contribution in [0, 0.1) is 19.3 Å². The van der Waals surface area contributed by atoms with Gasteiger partial charge < -0.3 is 15.5 Å². The quantitative estimate of drug-likeness (QED) is 0.293. The lowest BCUT2D eigenvalue weighted by Crippen LogP contribution is -2.47. The van der Waals surface area contributed by atoms with Crippen LogP contribution in [-0.2, 0) is 27.1 Å². The van der Waals surface area contributed by atoms with Gasteiger partial charge >= 0.3 is 6.18 Å². The Morgan fingerprint density at radius 1 is 1.08 bits per heavy atom. The predicted octanol–water partition coefficient (Wildman–Crippen LogP) is 4.43. The molecule has 264 valence electrons. The molecule has 4 aromatic rings. The Labute approximate surface area is 289 Å². The largest absolute Gasteiger partial charge is 0.433 e. The van der Waals surface area contributed by atoms with Crippen molar-refractivity contribution in [2.45, 2.75) is 77.7 Å². The molecule has 2 aliphatic heterocycles. The second-order valence-electron chi connectivity index (χ2n) is 13.4. The second kappa shape index (κ2) is 12.7. The van der Waals surface area contributed by atoms with Gasteiger partial charge in [-0.2, -0.15) is 18.3 Å². The zero-order valence-electron chi connectivity index (χ0n) is 28.0. The summed E-state index contributed by atoms with van der Waals surface area (Å²) >= 11 is 0. The number of allylic oxidation sites excluding steroid dienone is 1. The minimum absolute atomic E-state index is 0.124. The van der Waals surface area contributed by atoms with Crippen LogP contribution < -0.4 is 10.6 Å². The van der Waals surface area contributed by atoms with E-state index in [-0.39, 0.29) is 49.1 Å². The Bertz CT molecular complexity index is 2130. The summed E-state index contributed by atoms with van der Waals surface area (Å²) in [5.41, 5.74) is 0.638. The van der Waals surface area contributed by atoms with Gasteiger partial charge in [-0.3, -0.25) is 23.9 Å². The Morgan fingerprint density at radius 2 is 1.84 bits per heavy atom. The molecule has 13 nitrogen and oxygen atoms in total. The van der Waals surface area contributed by atoms with E-state index in [4.69, 9.17) is 4.98 Å². The smallest absolute Gasteiger partial charge is 0.355 e. The SMILES string of the molecule is CC(=O)c1nn2c3c(nc(-c4cnc(C)nc4)cc13)/C=C/CCCC(=O)NC[C@@]13C[C@@H](C(=O)Nc4nc(C(F)(F)F)ccc4C)N(C(=O)C2)[C@@H]1C3. The number of carbonyl (C=O) groups excluding carboxylic acids is 4. The third-order valence-electron chi connectivity index (χ3n) is 9.77. The molecular formula is C35H34F3N9O4. The van der Waals surface area contributed by atoms with Gasteiger partial charge in [0.2, 0.25) is 17.7 Å². The Balaban J connectivity index is 1.29. The van der Waals surface area contributed by atoms with Gasteiger partial charge in [0.05, 0.1) is 16.9 Å². The topological polar surface area (TPSA) is 165 Å². The number of halogens is 3. The summed E-state index contributed by atoms with van der Waals surface area (Å²) in [6, 6.07) is 2.27. The molecule has 2 fully saturated rings. The van der Waals surface area contributed by atoms with Gasteiger partial charge in [-0.25, -0.2) is 19.9 Å². The lowest BCUT2D eigenvalue weighted by atomic mass is 9.98. The molecule has 1 aliphatic carbocycles. The number of carbonyl (C=O) groups is 4. The highest BCUT2D eigenvalue weighted by atomic mass is 19.4. The average molecular weight is 702 g/mol. The maximum Gasteiger partial charge on any atom is 0.433 e. The van der Waals surface area contributed by atoms with Crippen molar-refractivity contribution in [3.63, 3.8) is 0 Å². The van der Waals surface area contributed by atoms with E-state index in [1.54, 1.807) is 31.5 Å². The van der Waals surface area contributed by atoms with E-state index in [1.165, 1.54) is 29.5 Å². The monoisotopic (exact) mass is 701 g/mol. The lowest BCUT2D eigenvalue weighted by Gasteiger charge is -2.27. The van der Waals surface area contributed by atoms with Gasteiger partial charge in [0.25, 0.3) is 0 Å². The molecule has 3 atom stereocenters. The summed E-state index contributed by atoms with van der Waals surface area (Å²) in [5.74, 6) is -1.38. The summed E-state index contributed by atoms with van der Waals surface area (Å²) in [5, 5.41) is 10.5. The van der Waals surface area contributed by atoms with Gasteiger partial charge in [0.15, 0.2) is 5.78 Å². The Hall–Kier alpha value is -5.54. The van der Waals surface area contributed by atoms with Gasteiger partial charge in [0, 0.05) is 54.7 Å².